The van der Waals surface area contributed by atoms with Gasteiger partial charge in [0.05, 0.1) is 30.6 Å². The first kappa shape index (κ1) is 15.1. The van der Waals surface area contributed by atoms with Crippen molar-refractivity contribution >= 4 is 29.2 Å². The van der Waals surface area contributed by atoms with Crippen molar-refractivity contribution < 1.29 is 14.3 Å². The molecular weight excluding hydrogens is 342 g/mol. The highest BCUT2D eigenvalue weighted by molar-refractivity contribution is 6.30. The summed E-state index contributed by atoms with van der Waals surface area (Å²) < 4.78 is 7.47. The van der Waals surface area contributed by atoms with Gasteiger partial charge in [-0.1, -0.05) is 23.7 Å². The third-order valence-corrected chi connectivity index (χ3v) is 5.65. The topological polar surface area (TPSA) is 64.4 Å². The van der Waals surface area contributed by atoms with Crippen molar-refractivity contribution in [3.63, 3.8) is 0 Å². The second-order valence-corrected chi connectivity index (χ2v) is 7.29. The number of benzene rings is 1. The number of rotatable bonds is 3. The van der Waals surface area contributed by atoms with Crippen LogP contribution in [-0.4, -0.2) is 33.8 Å². The third-order valence-electron chi connectivity index (χ3n) is 5.40. The summed E-state index contributed by atoms with van der Waals surface area (Å²) in [5, 5.41) is 5.12. The lowest BCUT2D eigenvalue weighted by Crippen LogP contribution is -2.34. The lowest BCUT2D eigenvalue weighted by molar-refractivity contribution is -0.124. The van der Waals surface area contributed by atoms with Crippen LogP contribution in [-0.2, 0) is 20.9 Å². The van der Waals surface area contributed by atoms with E-state index in [1.54, 1.807) is 16.9 Å². The SMILES string of the molecule is O=C1C2C3CCC(O3)C2C(=O)N1c1ccn(Cc2ccc(Cl)cc2)n1. The predicted octanol–water partition coefficient (Wildman–Crippen LogP) is 2.25. The van der Waals surface area contributed by atoms with E-state index >= 15 is 0 Å². The van der Waals surface area contributed by atoms with Crippen LogP contribution in [0.4, 0.5) is 5.82 Å². The van der Waals surface area contributed by atoms with Crippen molar-refractivity contribution in [2.24, 2.45) is 11.8 Å². The fraction of sp³-hybridized carbons (Fsp3) is 0.389. The Kier molecular flexibility index (Phi) is 3.27. The second kappa shape index (κ2) is 5.41. The van der Waals surface area contributed by atoms with Crippen LogP contribution >= 0.6 is 11.6 Å². The van der Waals surface area contributed by atoms with Crippen LogP contribution in [0, 0.1) is 11.8 Å². The number of anilines is 1. The van der Waals surface area contributed by atoms with Crippen LogP contribution in [0.25, 0.3) is 0 Å². The summed E-state index contributed by atoms with van der Waals surface area (Å²) in [6, 6.07) is 9.22. The molecule has 3 saturated heterocycles. The molecule has 2 bridgehead atoms. The lowest BCUT2D eigenvalue weighted by Gasteiger charge is -2.15. The summed E-state index contributed by atoms with van der Waals surface area (Å²) in [6.07, 6.45) is 3.30. The second-order valence-electron chi connectivity index (χ2n) is 6.85. The van der Waals surface area contributed by atoms with Crippen molar-refractivity contribution in [2.75, 3.05) is 4.90 Å². The van der Waals surface area contributed by atoms with E-state index in [2.05, 4.69) is 5.10 Å². The minimum Gasteiger partial charge on any atom is -0.373 e. The van der Waals surface area contributed by atoms with E-state index in [0.717, 1.165) is 18.4 Å². The Morgan fingerprint density at radius 2 is 1.68 bits per heavy atom. The minimum absolute atomic E-state index is 0.104. The summed E-state index contributed by atoms with van der Waals surface area (Å²) in [5.41, 5.74) is 1.04. The number of halogens is 1. The molecule has 0 radical (unpaired) electrons. The quantitative estimate of drug-likeness (QED) is 0.790. The molecule has 1 aromatic carbocycles. The molecule has 7 heteroatoms. The summed E-state index contributed by atoms with van der Waals surface area (Å²) in [6.45, 7) is 0.550. The largest absolute Gasteiger partial charge is 0.373 e. The van der Waals surface area contributed by atoms with Crippen LogP contribution in [0.15, 0.2) is 36.5 Å². The van der Waals surface area contributed by atoms with Gasteiger partial charge in [0.2, 0.25) is 11.8 Å². The number of carbonyl (C=O) groups is 2. The van der Waals surface area contributed by atoms with Gasteiger partial charge in [0.25, 0.3) is 0 Å². The van der Waals surface area contributed by atoms with Crippen LogP contribution in [0.2, 0.25) is 5.02 Å². The number of hydrogen-bond donors (Lipinski definition) is 0. The average molecular weight is 358 g/mol. The maximum atomic E-state index is 12.8. The van der Waals surface area contributed by atoms with Gasteiger partial charge < -0.3 is 4.74 Å². The van der Waals surface area contributed by atoms with E-state index in [0.29, 0.717) is 17.4 Å². The summed E-state index contributed by atoms with van der Waals surface area (Å²) in [7, 11) is 0. The van der Waals surface area contributed by atoms with E-state index in [4.69, 9.17) is 16.3 Å². The monoisotopic (exact) mass is 357 g/mol. The smallest absolute Gasteiger partial charge is 0.241 e. The van der Waals surface area contributed by atoms with E-state index in [1.807, 2.05) is 24.3 Å². The third kappa shape index (κ3) is 2.24. The van der Waals surface area contributed by atoms with Gasteiger partial charge in [-0.05, 0) is 30.5 Å². The zero-order valence-corrected chi connectivity index (χ0v) is 14.1. The summed E-state index contributed by atoms with van der Waals surface area (Å²) in [4.78, 5) is 26.8. The zero-order valence-electron chi connectivity index (χ0n) is 13.3. The Morgan fingerprint density at radius 3 is 2.32 bits per heavy atom. The molecule has 4 unspecified atom stereocenters. The molecule has 0 spiro atoms. The zero-order chi connectivity index (χ0) is 17.1. The lowest BCUT2D eigenvalue weighted by atomic mass is 9.81. The molecule has 0 saturated carbocycles. The van der Waals surface area contributed by atoms with Gasteiger partial charge in [0.15, 0.2) is 5.82 Å². The van der Waals surface area contributed by atoms with Gasteiger partial charge in [0, 0.05) is 17.3 Å². The number of hydrogen-bond acceptors (Lipinski definition) is 4. The first-order valence-electron chi connectivity index (χ1n) is 8.43. The molecule has 6 nitrogen and oxygen atoms in total. The van der Waals surface area contributed by atoms with Crippen LogP contribution in [0.1, 0.15) is 18.4 Å². The molecule has 3 aliphatic rings. The van der Waals surface area contributed by atoms with Crippen molar-refractivity contribution in [1.82, 2.24) is 9.78 Å². The van der Waals surface area contributed by atoms with Crippen molar-refractivity contribution in [3.05, 3.63) is 47.1 Å². The van der Waals surface area contributed by atoms with Crippen molar-refractivity contribution in [3.8, 4) is 0 Å². The van der Waals surface area contributed by atoms with Gasteiger partial charge in [-0.25, -0.2) is 4.90 Å². The Morgan fingerprint density at radius 1 is 1.04 bits per heavy atom. The van der Waals surface area contributed by atoms with Crippen LogP contribution in [0.5, 0.6) is 0 Å². The predicted molar refractivity (Wildman–Crippen MR) is 90.1 cm³/mol. The Balaban J connectivity index is 1.39. The number of fused-ring (bicyclic) bond motifs is 5. The van der Waals surface area contributed by atoms with Crippen molar-refractivity contribution in [2.45, 2.75) is 31.6 Å². The molecule has 2 aromatic rings. The average Bonchev–Trinajstić information content (AvgIpc) is 3.35. The van der Waals surface area contributed by atoms with Gasteiger partial charge in [-0.3, -0.25) is 14.3 Å². The maximum absolute atomic E-state index is 12.8. The number of amides is 2. The Bertz CT molecular complexity index is 835. The fourth-order valence-corrected chi connectivity index (χ4v) is 4.40. The molecule has 4 atom stereocenters. The highest BCUT2D eigenvalue weighted by Crippen LogP contribution is 2.49. The molecule has 3 fully saturated rings. The van der Waals surface area contributed by atoms with E-state index in [1.165, 1.54) is 4.90 Å². The standard InChI is InChI=1S/C18H16ClN3O3/c19-11-3-1-10(2-4-11)9-21-8-7-14(20-21)22-17(23)15-12-5-6-13(25-12)16(15)18(22)24/h1-4,7-8,12-13,15-16H,5-6,9H2. The normalized spacial score (nSPS) is 30.4. The highest BCUT2D eigenvalue weighted by atomic mass is 35.5. The Hall–Kier alpha value is -2.18. The summed E-state index contributed by atoms with van der Waals surface area (Å²) >= 11 is 5.90. The number of nitrogens with zero attached hydrogens (tertiary/aromatic N) is 3. The molecule has 128 valence electrons. The molecule has 2 amide bonds. The van der Waals surface area contributed by atoms with Crippen LogP contribution < -0.4 is 4.90 Å². The van der Waals surface area contributed by atoms with Gasteiger partial charge in [-0.15, -0.1) is 0 Å². The number of carbonyl (C=O) groups excluding carboxylic acids is 2. The van der Waals surface area contributed by atoms with E-state index in [9.17, 15) is 9.59 Å². The van der Waals surface area contributed by atoms with Gasteiger partial charge in [0.1, 0.15) is 0 Å². The van der Waals surface area contributed by atoms with E-state index in [-0.39, 0.29) is 35.9 Å². The molecular formula is C18H16ClN3O3. The number of aromatic nitrogens is 2. The molecule has 3 aliphatic heterocycles. The van der Waals surface area contributed by atoms with Gasteiger partial charge in [-0.2, -0.15) is 5.10 Å². The number of ether oxygens (including phenoxy) is 1. The maximum Gasteiger partial charge on any atom is 0.241 e. The number of imide groups is 1. The van der Waals surface area contributed by atoms with Crippen molar-refractivity contribution in [1.29, 1.82) is 0 Å². The molecule has 4 heterocycles. The van der Waals surface area contributed by atoms with Crippen LogP contribution in [0.3, 0.4) is 0 Å². The highest BCUT2D eigenvalue weighted by Gasteiger charge is 2.63. The molecule has 1 aromatic heterocycles. The molecule has 5 rings (SSSR count). The molecule has 0 aliphatic carbocycles. The fourth-order valence-electron chi connectivity index (χ4n) is 4.27. The molecule has 25 heavy (non-hydrogen) atoms. The first-order chi connectivity index (χ1) is 12.1. The first-order valence-corrected chi connectivity index (χ1v) is 8.81. The Labute approximate surface area is 149 Å². The van der Waals surface area contributed by atoms with Gasteiger partial charge >= 0.3 is 0 Å². The minimum atomic E-state index is -0.326. The van der Waals surface area contributed by atoms with E-state index < -0.39 is 0 Å². The summed E-state index contributed by atoms with van der Waals surface area (Å²) in [5.74, 6) is -0.587. The molecule has 0 N–H and O–H groups in total.